The van der Waals surface area contributed by atoms with Crippen molar-refractivity contribution in [3.63, 3.8) is 0 Å². The van der Waals surface area contributed by atoms with Gasteiger partial charge in [-0.1, -0.05) is 12.1 Å². The molecule has 0 fully saturated rings. The van der Waals surface area contributed by atoms with Crippen LogP contribution in [0.3, 0.4) is 0 Å². The lowest BCUT2D eigenvalue weighted by Gasteiger charge is -2.30. The Balaban J connectivity index is 1.83. The molecule has 0 saturated carbocycles. The first kappa shape index (κ1) is 15.8. The minimum absolute atomic E-state index is 0.233. The van der Waals surface area contributed by atoms with E-state index in [1.165, 1.54) is 6.26 Å². The van der Waals surface area contributed by atoms with Gasteiger partial charge < -0.3 is 20.2 Å². The first-order valence-corrected chi connectivity index (χ1v) is 7.83. The molecule has 1 aromatic heterocycles. The van der Waals surface area contributed by atoms with Crippen LogP contribution in [0.2, 0.25) is 0 Å². The number of amides is 1. The third-order valence-corrected chi connectivity index (χ3v) is 3.97. The summed E-state index contributed by atoms with van der Waals surface area (Å²) in [5.41, 5.74) is 6.79. The van der Waals surface area contributed by atoms with E-state index in [4.69, 9.17) is 14.9 Å². The number of nitrogens with one attached hydrogen (secondary N) is 1. The van der Waals surface area contributed by atoms with E-state index < -0.39 is 5.54 Å². The van der Waals surface area contributed by atoms with Gasteiger partial charge in [-0.15, -0.1) is 0 Å². The minimum atomic E-state index is -0.559. The van der Waals surface area contributed by atoms with Crippen LogP contribution in [0.25, 0.3) is 0 Å². The SMILES string of the molecule is CC1(c2cccc(NC(=O)c3cc(Br)co3)c2)COCC(N)=N1. The van der Waals surface area contributed by atoms with Crippen LogP contribution in [-0.2, 0) is 10.3 Å². The summed E-state index contributed by atoms with van der Waals surface area (Å²) in [7, 11) is 0. The number of carbonyl (C=O) groups is 1. The molecule has 2 aromatic rings. The smallest absolute Gasteiger partial charge is 0.291 e. The average Bonchev–Trinajstić information content (AvgIpc) is 2.94. The summed E-state index contributed by atoms with van der Waals surface area (Å²) in [6.45, 7) is 2.74. The second kappa shape index (κ2) is 6.17. The maximum absolute atomic E-state index is 12.1. The van der Waals surface area contributed by atoms with E-state index in [-0.39, 0.29) is 11.7 Å². The van der Waals surface area contributed by atoms with Crippen LogP contribution in [0.15, 0.2) is 50.5 Å². The van der Waals surface area contributed by atoms with Gasteiger partial charge in [-0.3, -0.25) is 9.79 Å². The molecule has 1 unspecified atom stereocenters. The van der Waals surface area contributed by atoms with Crippen LogP contribution in [0, 0.1) is 0 Å². The molecular weight excluding hydrogens is 362 g/mol. The molecule has 1 atom stereocenters. The molecule has 23 heavy (non-hydrogen) atoms. The Kier molecular flexibility index (Phi) is 4.23. The molecule has 0 aliphatic carbocycles. The molecule has 0 radical (unpaired) electrons. The third-order valence-electron chi connectivity index (χ3n) is 3.56. The summed E-state index contributed by atoms with van der Waals surface area (Å²) in [5.74, 6) is 0.381. The van der Waals surface area contributed by atoms with Gasteiger partial charge in [0.2, 0.25) is 0 Å². The van der Waals surface area contributed by atoms with Gasteiger partial charge in [0.05, 0.1) is 11.1 Å². The summed E-state index contributed by atoms with van der Waals surface area (Å²) in [5, 5.41) is 2.81. The first-order chi connectivity index (χ1) is 11.0. The fraction of sp³-hybridized carbons (Fsp3) is 0.250. The highest BCUT2D eigenvalue weighted by molar-refractivity contribution is 9.10. The second-order valence-electron chi connectivity index (χ2n) is 5.53. The summed E-state index contributed by atoms with van der Waals surface area (Å²) < 4.78 is 11.4. The number of hydrogen-bond donors (Lipinski definition) is 2. The fourth-order valence-corrected chi connectivity index (χ4v) is 2.74. The molecule has 0 bridgehead atoms. The number of anilines is 1. The number of aliphatic imine (C=N–C) groups is 1. The van der Waals surface area contributed by atoms with Crippen LogP contribution < -0.4 is 11.1 Å². The van der Waals surface area contributed by atoms with Crippen molar-refractivity contribution in [1.29, 1.82) is 0 Å². The molecular formula is C16H16BrN3O3. The second-order valence-corrected chi connectivity index (χ2v) is 6.45. The fourth-order valence-electron chi connectivity index (χ4n) is 2.44. The molecule has 120 valence electrons. The lowest BCUT2D eigenvalue weighted by Crippen LogP contribution is -2.37. The van der Waals surface area contributed by atoms with Gasteiger partial charge in [-0.05, 0) is 40.5 Å². The van der Waals surface area contributed by atoms with Crippen molar-refractivity contribution in [3.8, 4) is 0 Å². The number of carbonyl (C=O) groups excluding carboxylic acids is 1. The standard InChI is InChI=1S/C16H16BrN3O3/c1-16(9-22-8-14(18)20-16)10-3-2-4-12(5-10)19-15(21)13-6-11(17)7-23-13/h2-7H,8-9H2,1H3,(H2,18,20)(H,19,21). The average molecular weight is 378 g/mol. The number of hydrogen-bond acceptors (Lipinski definition) is 5. The van der Waals surface area contributed by atoms with Gasteiger partial charge in [0, 0.05) is 11.8 Å². The Hall–Kier alpha value is -2.12. The Labute approximate surface area is 141 Å². The van der Waals surface area contributed by atoms with Crippen molar-refractivity contribution in [3.05, 3.63) is 52.4 Å². The molecule has 1 aliphatic rings. The molecule has 1 aliphatic heterocycles. The highest BCUT2D eigenvalue weighted by Gasteiger charge is 2.30. The Morgan fingerprint density at radius 3 is 2.96 bits per heavy atom. The molecule has 7 heteroatoms. The maximum atomic E-state index is 12.1. The minimum Gasteiger partial charge on any atom is -0.458 e. The molecule has 0 saturated heterocycles. The number of furan rings is 1. The molecule has 2 heterocycles. The number of nitrogens with two attached hydrogens (primary N) is 1. The zero-order chi connectivity index (χ0) is 16.4. The van der Waals surface area contributed by atoms with E-state index in [1.807, 2.05) is 25.1 Å². The molecule has 1 aromatic carbocycles. The number of ether oxygens (including phenoxy) is 1. The van der Waals surface area contributed by atoms with Gasteiger partial charge in [0.1, 0.15) is 24.2 Å². The van der Waals surface area contributed by atoms with Crippen LogP contribution in [0.4, 0.5) is 5.69 Å². The van der Waals surface area contributed by atoms with Crippen LogP contribution >= 0.6 is 15.9 Å². The normalized spacial score (nSPS) is 20.9. The Morgan fingerprint density at radius 2 is 2.26 bits per heavy atom. The van der Waals surface area contributed by atoms with Gasteiger partial charge in [0.15, 0.2) is 5.76 Å². The quantitative estimate of drug-likeness (QED) is 0.860. The number of rotatable bonds is 3. The summed E-state index contributed by atoms with van der Waals surface area (Å²) in [4.78, 5) is 16.6. The van der Waals surface area contributed by atoms with Crippen molar-refractivity contribution in [1.82, 2.24) is 0 Å². The van der Waals surface area contributed by atoms with Gasteiger partial charge >= 0.3 is 0 Å². The summed E-state index contributed by atoms with van der Waals surface area (Å²) in [6, 6.07) is 9.07. The predicted octanol–water partition coefficient (Wildman–Crippen LogP) is 2.90. The number of amidine groups is 1. The third kappa shape index (κ3) is 3.46. The number of halogens is 1. The van der Waals surface area contributed by atoms with Crippen molar-refractivity contribution >= 4 is 33.4 Å². The van der Waals surface area contributed by atoms with E-state index in [9.17, 15) is 4.79 Å². The molecule has 0 spiro atoms. The van der Waals surface area contributed by atoms with E-state index in [0.717, 1.165) is 5.56 Å². The number of benzene rings is 1. The summed E-state index contributed by atoms with van der Waals surface area (Å²) >= 11 is 3.25. The molecule has 3 rings (SSSR count). The molecule has 6 nitrogen and oxygen atoms in total. The lowest BCUT2D eigenvalue weighted by molar-refractivity contribution is 0.0996. The Bertz CT molecular complexity index is 771. The van der Waals surface area contributed by atoms with E-state index in [0.29, 0.717) is 29.2 Å². The molecule has 3 N–H and O–H groups in total. The Morgan fingerprint density at radius 1 is 1.43 bits per heavy atom. The zero-order valence-electron chi connectivity index (χ0n) is 12.5. The highest BCUT2D eigenvalue weighted by atomic mass is 79.9. The highest BCUT2D eigenvalue weighted by Crippen LogP contribution is 2.30. The van der Waals surface area contributed by atoms with Gasteiger partial charge in [-0.2, -0.15) is 0 Å². The monoisotopic (exact) mass is 377 g/mol. The van der Waals surface area contributed by atoms with Crippen LogP contribution in [0.5, 0.6) is 0 Å². The largest absolute Gasteiger partial charge is 0.458 e. The van der Waals surface area contributed by atoms with Crippen molar-refractivity contribution in [2.45, 2.75) is 12.5 Å². The summed E-state index contributed by atoms with van der Waals surface area (Å²) in [6.07, 6.45) is 1.46. The van der Waals surface area contributed by atoms with E-state index in [2.05, 4.69) is 26.2 Å². The lowest BCUT2D eigenvalue weighted by atomic mass is 9.92. The van der Waals surface area contributed by atoms with Gasteiger partial charge in [0.25, 0.3) is 5.91 Å². The van der Waals surface area contributed by atoms with E-state index in [1.54, 1.807) is 12.1 Å². The van der Waals surface area contributed by atoms with Crippen LogP contribution in [-0.4, -0.2) is 25.0 Å². The number of nitrogens with zero attached hydrogens (tertiary/aromatic N) is 1. The van der Waals surface area contributed by atoms with Crippen molar-refractivity contribution in [2.75, 3.05) is 18.5 Å². The van der Waals surface area contributed by atoms with Crippen LogP contribution in [0.1, 0.15) is 23.0 Å². The first-order valence-electron chi connectivity index (χ1n) is 7.04. The van der Waals surface area contributed by atoms with Crippen molar-refractivity contribution < 1.29 is 13.9 Å². The topological polar surface area (TPSA) is 89.8 Å². The zero-order valence-corrected chi connectivity index (χ0v) is 14.1. The maximum Gasteiger partial charge on any atom is 0.291 e. The molecule has 1 amide bonds. The predicted molar refractivity (Wildman–Crippen MR) is 90.6 cm³/mol. The van der Waals surface area contributed by atoms with Gasteiger partial charge in [-0.25, -0.2) is 0 Å². The van der Waals surface area contributed by atoms with E-state index >= 15 is 0 Å². The van der Waals surface area contributed by atoms with Crippen molar-refractivity contribution in [2.24, 2.45) is 10.7 Å².